The summed E-state index contributed by atoms with van der Waals surface area (Å²) in [4.78, 5) is 29.0. The van der Waals surface area contributed by atoms with Crippen molar-refractivity contribution in [1.82, 2.24) is 9.80 Å². The maximum atomic E-state index is 12.8. The molecule has 0 saturated carbocycles. The Morgan fingerprint density at radius 1 is 1.43 bits per heavy atom. The predicted molar refractivity (Wildman–Crippen MR) is 84.0 cm³/mol. The summed E-state index contributed by atoms with van der Waals surface area (Å²) in [5, 5.41) is 0. The van der Waals surface area contributed by atoms with Gasteiger partial charge in [-0.2, -0.15) is 0 Å². The first-order valence-corrected chi connectivity index (χ1v) is 8.27. The van der Waals surface area contributed by atoms with Gasteiger partial charge < -0.3 is 19.0 Å². The zero-order chi connectivity index (χ0) is 16.3. The molecule has 2 aliphatic heterocycles. The van der Waals surface area contributed by atoms with E-state index in [4.69, 9.17) is 9.15 Å². The number of carbonyl (C=O) groups excluding carboxylic acids is 2. The van der Waals surface area contributed by atoms with E-state index >= 15 is 0 Å². The Kier molecular flexibility index (Phi) is 4.71. The van der Waals surface area contributed by atoms with Gasteiger partial charge in [-0.1, -0.05) is 0 Å². The fraction of sp³-hybridized carbons (Fsp3) is 0.647. The molecule has 0 aromatic carbocycles. The summed E-state index contributed by atoms with van der Waals surface area (Å²) >= 11 is 0. The lowest BCUT2D eigenvalue weighted by Gasteiger charge is -2.44. The number of furan rings is 1. The Balaban J connectivity index is 1.75. The summed E-state index contributed by atoms with van der Waals surface area (Å²) in [7, 11) is 1.67. The monoisotopic (exact) mass is 320 g/mol. The smallest absolute Gasteiger partial charge is 0.257 e. The highest BCUT2D eigenvalue weighted by Gasteiger charge is 2.49. The largest absolute Gasteiger partial charge is 0.472 e. The van der Waals surface area contributed by atoms with E-state index in [9.17, 15) is 9.59 Å². The molecular formula is C17H24N2O4. The fourth-order valence-corrected chi connectivity index (χ4v) is 3.80. The first-order valence-electron chi connectivity index (χ1n) is 8.27. The van der Waals surface area contributed by atoms with Crippen LogP contribution in [0.3, 0.4) is 0 Å². The average molecular weight is 320 g/mol. The molecule has 2 saturated heterocycles. The van der Waals surface area contributed by atoms with Gasteiger partial charge in [0.2, 0.25) is 5.91 Å². The summed E-state index contributed by atoms with van der Waals surface area (Å²) < 4.78 is 10.1. The number of likely N-dealkylation sites (tertiary alicyclic amines) is 2. The Labute approximate surface area is 136 Å². The van der Waals surface area contributed by atoms with E-state index in [1.54, 1.807) is 13.2 Å². The van der Waals surface area contributed by atoms with Gasteiger partial charge in [0.1, 0.15) is 6.26 Å². The van der Waals surface area contributed by atoms with Crippen molar-refractivity contribution < 1.29 is 18.7 Å². The maximum Gasteiger partial charge on any atom is 0.257 e. The van der Waals surface area contributed by atoms with Gasteiger partial charge in [0.05, 0.1) is 23.8 Å². The van der Waals surface area contributed by atoms with Crippen molar-refractivity contribution in [2.24, 2.45) is 0 Å². The number of hydrogen-bond acceptors (Lipinski definition) is 4. The van der Waals surface area contributed by atoms with Crippen LogP contribution in [0.5, 0.6) is 0 Å². The van der Waals surface area contributed by atoms with E-state index in [0.29, 0.717) is 38.2 Å². The minimum absolute atomic E-state index is 0.0232. The molecule has 3 heterocycles. The van der Waals surface area contributed by atoms with Gasteiger partial charge in [-0.15, -0.1) is 0 Å². The third-order valence-electron chi connectivity index (χ3n) is 4.95. The molecule has 0 bridgehead atoms. The molecule has 0 radical (unpaired) electrons. The SMILES string of the molecule is COCCCN1C[C@]2(CCCCN2C(=O)c2ccoc2)CC1=O. The van der Waals surface area contributed by atoms with Crippen molar-refractivity contribution in [1.29, 1.82) is 0 Å². The Morgan fingerprint density at radius 3 is 3.04 bits per heavy atom. The average Bonchev–Trinajstić information content (AvgIpc) is 3.17. The summed E-state index contributed by atoms with van der Waals surface area (Å²) in [6.07, 6.45) is 7.21. The van der Waals surface area contributed by atoms with E-state index in [1.807, 2.05) is 9.80 Å². The quantitative estimate of drug-likeness (QED) is 0.778. The molecule has 1 aromatic rings. The lowest BCUT2D eigenvalue weighted by Crippen LogP contribution is -2.56. The highest BCUT2D eigenvalue weighted by atomic mass is 16.5. The normalized spacial score (nSPS) is 24.7. The van der Waals surface area contributed by atoms with E-state index in [0.717, 1.165) is 25.7 Å². The summed E-state index contributed by atoms with van der Waals surface area (Å²) in [5.74, 6) is 0.123. The number of rotatable bonds is 5. The number of amides is 2. The van der Waals surface area contributed by atoms with Gasteiger partial charge in [-0.25, -0.2) is 0 Å². The second-order valence-corrected chi connectivity index (χ2v) is 6.49. The van der Waals surface area contributed by atoms with Crippen LogP contribution in [-0.4, -0.2) is 60.5 Å². The van der Waals surface area contributed by atoms with Crippen LogP contribution < -0.4 is 0 Å². The van der Waals surface area contributed by atoms with Crippen molar-refractivity contribution in [2.75, 3.05) is 33.4 Å². The molecule has 2 amide bonds. The van der Waals surface area contributed by atoms with Crippen LogP contribution in [0.2, 0.25) is 0 Å². The van der Waals surface area contributed by atoms with Crippen LogP contribution in [-0.2, 0) is 9.53 Å². The highest BCUT2D eigenvalue weighted by Crippen LogP contribution is 2.38. The van der Waals surface area contributed by atoms with Crippen molar-refractivity contribution >= 4 is 11.8 Å². The Hall–Kier alpha value is -1.82. The molecule has 3 rings (SSSR count). The number of carbonyl (C=O) groups is 2. The molecule has 126 valence electrons. The van der Waals surface area contributed by atoms with E-state index < -0.39 is 0 Å². The summed E-state index contributed by atoms with van der Waals surface area (Å²) in [6.45, 7) is 2.69. The lowest BCUT2D eigenvalue weighted by molar-refractivity contribution is -0.128. The van der Waals surface area contributed by atoms with Crippen molar-refractivity contribution in [3.05, 3.63) is 24.2 Å². The number of ether oxygens (including phenoxy) is 1. The number of nitrogens with zero attached hydrogens (tertiary/aromatic N) is 2. The molecule has 0 aliphatic carbocycles. The van der Waals surface area contributed by atoms with Gasteiger partial charge in [0.25, 0.3) is 5.91 Å². The maximum absolute atomic E-state index is 12.8. The molecule has 0 unspecified atom stereocenters. The highest BCUT2D eigenvalue weighted by molar-refractivity contribution is 5.95. The second kappa shape index (κ2) is 6.74. The molecule has 2 aliphatic rings. The van der Waals surface area contributed by atoms with E-state index in [1.165, 1.54) is 12.5 Å². The third kappa shape index (κ3) is 3.13. The van der Waals surface area contributed by atoms with Crippen LogP contribution >= 0.6 is 0 Å². The first-order chi connectivity index (χ1) is 11.2. The molecule has 1 aromatic heterocycles. The van der Waals surface area contributed by atoms with Gasteiger partial charge in [0.15, 0.2) is 0 Å². The molecule has 23 heavy (non-hydrogen) atoms. The van der Waals surface area contributed by atoms with E-state index in [-0.39, 0.29) is 17.4 Å². The van der Waals surface area contributed by atoms with Crippen LogP contribution in [0, 0.1) is 0 Å². The van der Waals surface area contributed by atoms with Crippen LogP contribution in [0.4, 0.5) is 0 Å². The number of piperidine rings is 1. The van der Waals surface area contributed by atoms with Crippen molar-refractivity contribution in [3.8, 4) is 0 Å². The minimum atomic E-state index is -0.350. The molecular weight excluding hydrogens is 296 g/mol. The molecule has 1 atom stereocenters. The van der Waals surface area contributed by atoms with Crippen molar-refractivity contribution in [3.63, 3.8) is 0 Å². The van der Waals surface area contributed by atoms with Gasteiger partial charge in [0, 0.05) is 33.4 Å². The summed E-state index contributed by atoms with van der Waals surface area (Å²) in [6, 6.07) is 1.69. The Bertz CT molecular complexity index is 557. The number of methoxy groups -OCH3 is 1. The predicted octanol–water partition coefficient (Wildman–Crippen LogP) is 1.91. The van der Waals surface area contributed by atoms with Crippen molar-refractivity contribution in [2.45, 2.75) is 37.6 Å². The van der Waals surface area contributed by atoms with Gasteiger partial charge >= 0.3 is 0 Å². The molecule has 6 nitrogen and oxygen atoms in total. The zero-order valence-corrected chi connectivity index (χ0v) is 13.6. The Morgan fingerprint density at radius 2 is 2.30 bits per heavy atom. The lowest BCUT2D eigenvalue weighted by atomic mass is 9.85. The second-order valence-electron chi connectivity index (χ2n) is 6.49. The zero-order valence-electron chi connectivity index (χ0n) is 13.6. The topological polar surface area (TPSA) is 63.0 Å². The molecule has 6 heteroatoms. The molecule has 0 N–H and O–H groups in total. The summed E-state index contributed by atoms with van der Waals surface area (Å²) in [5.41, 5.74) is 0.216. The van der Waals surface area contributed by atoms with Crippen LogP contribution in [0.15, 0.2) is 23.0 Å². The standard InChI is InChI=1S/C17H24N2O4/c1-22-9-4-7-18-13-17(11-15(18)20)6-2-3-8-19(17)16(21)14-5-10-23-12-14/h5,10,12H,2-4,6-9,11,13H2,1H3/t17-/m0/s1. The molecule has 1 spiro atoms. The third-order valence-corrected chi connectivity index (χ3v) is 4.95. The number of hydrogen-bond donors (Lipinski definition) is 0. The molecule has 2 fully saturated rings. The van der Waals surface area contributed by atoms with Crippen LogP contribution in [0.25, 0.3) is 0 Å². The fourth-order valence-electron chi connectivity index (χ4n) is 3.80. The van der Waals surface area contributed by atoms with Crippen LogP contribution in [0.1, 0.15) is 42.5 Å². The van der Waals surface area contributed by atoms with E-state index in [2.05, 4.69) is 0 Å². The van der Waals surface area contributed by atoms with Gasteiger partial charge in [-0.05, 0) is 31.7 Å². The first kappa shape index (κ1) is 16.1. The van der Waals surface area contributed by atoms with Gasteiger partial charge in [-0.3, -0.25) is 9.59 Å². The minimum Gasteiger partial charge on any atom is -0.472 e.